The molecule has 3 fully saturated rings. The number of carbonyl (C=O) groups is 1. The number of allylic oxidation sites excluding steroid dienone is 1. The number of unbranched alkanes of at least 4 members (excludes halogenated alkanes) is 5. The number of carbonyl (C=O) groups excluding carboxylic acids is 1. The monoisotopic (exact) mass is 504 g/mol. The standard InChI is InChI=1S/C32H53ClO2/c1-6-7-8-9-10-11-12-23-14-16-27-26-15-13-24-21-25(35-30(34)29(33)22(2)3)17-19-32(24,5)28(26)18-20-31(23,27)4/h13,22-23,25-29H,6-12,14-21H2,1-5H3/t23-,25-,26+,27+,28+,29+,31+,32-/m0/s1. The Balaban J connectivity index is 1.36. The van der Waals surface area contributed by atoms with Crippen molar-refractivity contribution in [3.05, 3.63) is 11.6 Å². The Bertz CT molecular complexity index is 759. The number of esters is 1. The van der Waals surface area contributed by atoms with E-state index in [0.29, 0.717) is 10.8 Å². The van der Waals surface area contributed by atoms with E-state index in [4.69, 9.17) is 16.3 Å². The summed E-state index contributed by atoms with van der Waals surface area (Å²) in [5.41, 5.74) is 2.47. The van der Waals surface area contributed by atoms with Crippen molar-refractivity contribution < 1.29 is 9.53 Å². The molecular formula is C32H53ClO2. The van der Waals surface area contributed by atoms with Crippen LogP contribution in [0.25, 0.3) is 0 Å². The summed E-state index contributed by atoms with van der Waals surface area (Å²) in [5, 5.41) is -0.532. The molecule has 0 unspecified atom stereocenters. The van der Waals surface area contributed by atoms with Gasteiger partial charge in [0.15, 0.2) is 0 Å². The molecule has 2 nitrogen and oxygen atoms in total. The molecule has 4 aliphatic rings. The predicted molar refractivity (Wildman–Crippen MR) is 148 cm³/mol. The molecule has 0 spiro atoms. The van der Waals surface area contributed by atoms with Gasteiger partial charge in [-0.2, -0.15) is 0 Å². The van der Waals surface area contributed by atoms with Crippen LogP contribution in [0.4, 0.5) is 0 Å². The molecule has 0 N–H and O–H groups in total. The second-order valence-electron chi connectivity index (χ2n) is 13.6. The molecule has 0 amide bonds. The van der Waals surface area contributed by atoms with Crippen LogP contribution >= 0.6 is 11.6 Å². The fourth-order valence-electron chi connectivity index (χ4n) is 8.98. The normalized spacial score (nSPS) is 39.4. The zero-order valence-corrected chi connectivity index (χ0v) is 24.2. The van der Waals surface area contributed by atoms with E-state index in [1.165, 1.54) is 77.0 Å². The summed E-state index contributed by atoms with van der Waals surface area (Å²) in [6.45, 7) is 11.5. The van der Waals surface area contributed by atoms with Crippen molar-refractivity contribution in [2.45, 2.75) is 142 Å². The highest BCUT2D eigenvalue weighted by atomic mass is 35.5. The second kappa shape index (κ2) is 11.5. The number of ether oxygens (including phenoxy) is 1. The lowest BCUT2D eigenvalue weighted by molar-refractivity contribution is -0.151. The van der Waals surface area contributed by atoms with Crippen molar-refractivity contribution in [3.63, 3.8) is 0 Å². The van der Waals surface area contributed by atoms with Crippen molar-refractivity contribution in [3.8, 4) is 0 Å². The fraction of sp³-hybridized carbons (Fsp3) is 0.906. The minimum absolute atomic E-state index is 0.0143. The molecule has 8 atom stereocenters. The molecular weight excluding hydrogens is 452 g/mol. The zero-order valence-electron chi connectivity index (χ0n) is 23.4. The smallest absolute Gasteiger partial charge is 0.324 e. The summed E-state index contributed by atoms with van der Waals surface area (Å²) in [5.74, 6) is 3.45. The molecule has 3 saturated carbocycles. The largest absolute Gasteiger partial charge is 0.461 e. The number of hydrogen-bond donors (Lipinski definition) is 0. The van der Waals surface area contributed by atoms with Crippen molar-refractivity contribution in [1.82, 2.24) is 0 Å². The Labute approximate surface area is 221 Å². The molecule has 0 aromatic heterocycles. The summed E-state index contributed by atoms with van der Waals surface area (Å²) in [6, 6.07) is 0. The third-order valence-electron chi connectivity index (χ3n) is 11.3. The van der Waals surface area contributed by atoms with Gasteiger partial charge >= 0.3 is 5.97 Å². The first-order chi connectivity index (χ1) is 16.7. The highest BCUT2D eigenvalue weighted by Gasteiger charge is 2.58. The van der Waals surface area contributed by atoms with Crippen molar-refractivity contribution in [2.75, 3.05) is 0 Å². The van der Waals surface area contributed by atoms with Crippen LogP contribution in [0.2, 0.25) is 0 Å². The van der Waals surface area contributed by atoms with Crippen LogP contribution in [0.15, 0.2) is 11.6 Å². The molecule has 35 heavy (non-hydrogen) atoms. The molecule has 0 aliphatic heterocycles. The Morgan fingerprint density at radius 3 is 2.51 bits per heavy atom. The van der Waals surface area contributed by atoms with Crippen LogP contribution in [0, 0.1) is 40.4 Å². The van der Waals surface area contributed by atoms with Gasteiger partial charge in [-0.25, -0.2) is 0 Å². The van der Waals surface area contributed by atoms with E-state index in [-0.39, 0.29) is 18.0 Å². The number of rotatable bonds is 10. The lowest BCUT2D eigenvalue weighted by Gasteiger charge is -2.58. The van der Waals surface area contributed by atoms with Gasteiger partial charge in [-0.3, -0.25) is 4.79 Å². The molecule has 0 radical (unpaired) electrons. The molecule has 0 aromatic rings. The summed E-state index contributed by atoms with van der Waals surface area (Å²) in [4.78, 5) is 12.5. The molecule has 0 saturated heterocycles. The third-order valence-corrected chi connectivity index (χ3v) is 11.9. The maximum atomic E-state index is 12.5. The van der Waals surface area contributed by atoms with Crippen LogP contribution in [0.5, 0.6) is 0 Å². The highest BCUT2D eigenvalue weighted by molar-refractivity contribution is 6.30. The lowest BCUT2D eigenvalue weighted by atomic mass is 9.47. The average molecular weight is 505 g/mol. The minimum Gasteiger partial charge on any atom is -0.461 e. The Morgan fingerprint density at radius 1 is 1.03 bits per heavy atom. The van der Waals surface area contributed by atoms with E-state index in [9.17, 15) is 4.79 Å². The van der Waals surface area contributed by atoms with Crippen LogP contribution in [-0.2, 0) is 9.53 Å². The van der Waals surface area contributed by atoms with Gasteiger partial charge < -0.3 is 4.74 Å². The average Bonchev–Trinajstić information content (AvgIpc) is 3.17. The highest BCUT2D eigenvalue weighted by Crippen LogP contribution is 2.66. The van der Waals surface area contributed by atoms with E-state index in [1.54, 1.807) is 5.57 Å². The first kappa shape index (κ1) is 27.5. The van der Waals surface area contributed by atoms with Crippen LogP contribution < -0.4 is 0 Å². The van der Waals surface area contributed by atoms with Gasteiger partial charge in [-0.15, -0.1) is 11.6 Å². The topological polar surface area (TPSA) is 26.3 Å². The minimum atomic E-state index is -0.532. The van der Waals surface area contributed by atoms with Gasteiger partial charge in [-0.05, 0) is 91.8 Å². The molecule has 0 bridgehead atoms. The van der Waals surface area contributed by atoms with Gasteiger partial charge in [0, 0.05) is 6.42 Å². The summed E-state index contributed by atoms with van der Waals surface area (Å²) < 4.78 is 5.90. The number of halogens is 1. The SMILES string of the molecule is CCCCCCCC[C@H]1CC[C@@H]2[C@H]3CC=C4C[C@@H](OC(=O)[C@H](Cl)C(C)C)CC[C@]4(C)[C@@H]3CC[C@]12C. The third kappa shape index (κ3) is 5.53. The summed E-state index contributed by atoms with van der Waals surface area (Å²) in [6.07, 6.45) is 22.7. The van der Waals surface area contributed by atoms with E-state index in [2.05, 4.69) is 26.8 Å². The molecule has 3 heteroatoms. The van der Waals surface area contributed by atoms with Crippen molar-refractivity contribution in [1.29, 1.82) is 0 Å². The van der Waals surface area contributed by atoms with Crippen LogP contribution in [0.1, 0.15) is 131 Å². The van der Waals surface area contributed by atoms with E-state index in [0.717, 1.165) is 42.9 Å². The van der Waals surface area contributed by atoms with Crippen molar-refractivity contribution in [2.24, 2.45) is 40.4 Å². The van der Waals surface area contributed by atoms with Crippen LogP contribution in [0.3, 0.4) is 0 Å². The van der Waals surface area contributed by atoms with E-state index in [1.807, 2.05) is 13.8 Å². The van der Waals surface area contributed by atoms with Gasteiger partial charge in [0.2, 0.25) is 0 Å². The van der Waals surface area contributed by atoms with Gasteiger partial charge in [0.05, 0.1) is 0 Å². The molecule has 4 aliphatic carbocycles. The van der Waals surface area contributed by atoms with E-state index >= 15 is 0 Å². The molecule has 0 heterocycles. The Hall–Kier alpha value is -0.500. The first-order valence-electron chi connectivity index (χ1n) is 15.2. The predicted octanol–water partition coefficient (Wildman–Crippen LogP) is 9.49. The van der Waals surface area contributed by atoms with Gasteiger partial charge in [-0.1, -0.05) is 84.8 Å². The number of fused-ring (bicyclic) bond motifs is 5. The fourth-order valence-corrected chi connectivity index (χ4v) is 9.04. The Kier molecular flexibility index (Phi) is 9.04. The quantitative estimate of drug-likeness (QED) is 0.128. The van der Waals surface area contributed by atoms with Gasteiger partial charge in [0.25, 0.3) is 0 Å². The van der Waals surface area contributed by atoms with Crippen molar-refractivity contribution >= 4 is 17.6 Å². The maximum Gasteiger partial charge on any atom is 0.324 e. The number of alkyl halides is 1. The van der Waals surface area contributed by atoms with Gasteiger partial charge in [0.1, 0.15) is 11.5 Å². The first-order valence-corrected chi connectivity index (χ1v) is 15.7. The van der Waals surface area contributed by atoms with E-state index < -0.39 is 5.38 Å². The molecule has 4 rings (SSSR count). The maximum absolute atomic E-state index is 12.5. The molecule has 0 aromatic carbocycles. The number of hydrogen-bond acceptors (Lipinski definition) is 2. The lowest BCUT2D eigenvalue weighted by Crippen LogP contribution is -2.50. The zero-order chi connectivity index (χ0) is 25.2. The molecule has 200 valence electrons. The van der Waals surface area contributed by atoms with Crippen LogP contribution in [-0.4, -0.2) is 17.5 Å². The Morgan fingerprint density at radius 2 is 1.77 bits per heavy atom. The summed E-state index contributed by atoms with van der Waals surface area (Å²) in [7, 11) is 0. The second-order valence-corrected chi connectivity index (χ2v) is 14.1. The summed E-state index contributed by atoms with van der Waals surface area (Å²) >= 11 is 6.29.